The Hall–Kier alpha value is -0.400. The predicted octanol–water partition coefficient (Wildman–Crippen LogP) is 2.36. The molecule has 5 rings (SSSR count). The van der Waals surface area contributed by atoms with Crippen LogP contribution in [0.25, 0.3) is 11.1 Å². The van der Waals surface area contributed by atoms with Gasteiger partial charge in [0.05, 0.1) is 0 Å². The van der Waals surface area contributed by atoms with E-state index in [-0.39, 0.29) is 30.2 Å². The molecule has 1 atom stereocenters. The Morgan fingerprint density at radius 1 is 0.912 bits per heavy atom. The Morgan fingerprint density at radius 3 is 2.18 bits per heavy atom. The van der Waals surface area contributed by atoms with E-state index in [9.17, 15) is 0 Å². The molecule has 3 aliphatic rings. The number of allylic oxidation sites excluding steroid dienone is 4. The molecule has 34 heavy (non-hydrogen) atoms. The van der Waals surface area contributed by atoms with Crippen molar-refractivity contribution in [2.24, 2.45) is 5.41 Å². The minimum absolute atomic E-state index is 0. The summed E-state index contributed by atoms with van der Waals surface area (Å²) in [6.45, 7) is 14.5. The van der Waals surface area contributed by atoms with E-state index in [0.29, 0.717) is 0 Å². The van der Waals surface area contributed by atoms with Crippen LogP contribution in [0.5, 0.6) is 0 Å². The fourth-order valence-electron chi connectivity index (χ4n) is 6.83. The molecule has 1 fully saturated rings. The Labute approximate surface area is 232 Å². The van der Waals surface area contributed by atoms with E-state index in [0.717, 1.165) is 5.54 Å². The second-order valence-electron chi connectivity index (χ2n) is 11.1. The molecule has 2 aromatic rings. The molecular formula is C30H38Cl2SiZr. The minimum atomic E-state index is -1.30. The van der Waals surface area contributed by atoms with Gasteiger partial charge < -0.3 is 24.8 Å². The molecule has 2 aliphatic carbocycles. The molecule has 0 bridgehead atoms. The number of benzene rings is 2. The molecule has 4 heteroatoms. The van der Waals surface area contributed by atoms with Gasteiger partial charge in [-0.2, -0.15) is 0 Å². The zero-order valence-electron chi connectivity index (χ0n) is 21.6. The standard InChI is InChI=1S/C20H23Si.C10H15.2ClH.Zr/c1-2-3-13-21(14-8-15-21)20-18-11-6-4-9-16(18)17-10-5-7-12-19(17)20;1-7-6-10(4,5)9(3)8(7)2;;;/h4-7,9-11,20H,2-3,8,13-15H2,1H3;1-5H3;2*1H;/q;;;;+2/p-2. The van der Waals surface area contributed by atoms with Gasteiger partial charge in [0.25, 0.3) is 0 Å². The third kappa shape index (κ3) is 4.23. The summed E-state index contributed by atoms with van der Waals surface area (Å²) in [5.74, 6) is 0. The molecule has 0 radical (unpaired) electrons. The van der Waals surface area contributed by atoms with Crippen molar-refractivity contribution in [1.82, 2.24) is 0 Å². The average molecular weight is 589 g/mol. The number of hydrogen-bond acceptors (Lipinski definition) is 0. The van der Waals surface area contributed by atoms with Crippen LogP contribution in [0.15, 0.2) is 62.5 Å². The number of fused-ring (bicyclic) bond motifs is 3. The van der Waals surface area contributed by atoms with Gasteiger partial charge in [0.2, 0.25) is 0 Å². The molecule has 2 aromatic carbocycles. The smallest absolute Gasteiger partial charge is 1.00 e. The van der Waals surface area contributed by atoms with Crippen molar-refractivity contribution in [3.05, 3.63) is 73.6 Å². The first-order valence-corrected chi connectivity index (χ1v) is 17.9. The third-order valence-corrected chi connectivity index (χ3v) is 19.9. The zero-order valence-corrected chi connectivity index (χ0v) is 26.6. The average Bonchev–Trinajstić information content (AvgIpc) is 3.17. The summed E-state index contributed by atoms with van der Waals surface area (Å²) in [5, 5.41) is 0. The number of halogens is 2. The zero-order chi connectivity index (χ0) is 22.7. The Balaban J connectivity index is 0.00000162. The summed E-state index contributed by atoms with van der Waals surface area (Å²) in [5.41, 5.74) is 12.4. The first-order chi connectivity index (χ1) is 15.3. The van der Waals surface area contributed by atoms with E-state index in [1.54, 1.807) is 54.3 Å². The first-order valence-electron chi connectivity index (χ1n) is 12.7. The molecule has 1 saturated heterocycles. The van der Waals surface area contributed by atoms with Crippen LogP contribution in [0.4, 0.5) is 0 Å². The van der Waals surface area contributed by atoms with E-state index in [1.807, 2.05) is 3.28 Å². The molecule has 0 nitrogen and oxygen atoms in total. The predicted molar refractivity (Wildman–Crippen MR) is 138 cm³/mol. The Morgan fingerprint density at radius 2 is 1.59 bits per heavy atom. The van der Waals surface area contributed by atoms with Crippen LogP contribution in [-0.4, -0.2) is 8.07 Å². The summed E-state index contributed by atoms with van der Waals surface area (Å²) in [4.78, 5) is 0. The van der Waals surface area contributed by atoms with Gasteiger partial charge in [-0.1, -0.05) is 0 Å². The SMILES string of the molecule is CCCC[Si]1(C2c3ccccc3-c3ccc[c]([Zr+2][C]4=C(C)C(C)=C(C)C4(C)C)c32)CCC1.[Cl-].[Cl-]. The van der Waals surface area contributed by atoms with Crippen molar-refractivity contribution < 1.29 is 48.0 Å². The molecule has 0 amide bonds. The Bertz CT molecular complexity index is 1140. The maximum absolute atomic E-state index is 2.55. The maximum atomic E-state index is 2.55. The van der Waals surface area contributed by atoms with Crippen molar-refractivity contribution in [3.8, 4) is 11.1 Å². The van der Waals surface area contributed by atoms with Gasteiger partial charge >= 0.3 is 209 Å². The van der Waals surface area contributed by atoms with E-state index in [1.165, 1.54) is 25.3 Å². The van der Waals surface area contributed by atoms with Crippen molar-refractivity contribution in [3.63, 3.8) is 0 Å². The molecule has 1 heterocycles. The molecule has 1 unspecified atom stereocenters. The molecule has 0 aromatic heterocycles. The van der Waals surface area contributed by atoms with Crippen molar-refractivity contribution in [2.45, 2.75) is 84.5 Å². The van der Waals surface area contributed by atoms with Crippen LogP contribution in [0, 0.1) is 5.41 Å². The van der Waals surface area contributed by atoms with E-state index in [2.05, 4.69) is 84.0 Å². The number of rotatable bonds is 6. The van der Waals surface area contributed by atoms with Crippen LogP contribution < -0.4 is 28.1 Å². The van der Waals surface area contributed by atoms with Crippen molar-refractivity contribution >= 4 is 11.3 Å². The molecular weight excluding hydrogens is 551 g/mol. The van der Waals surface area contributed by atoms with Gasteiger partial charge in [-0.15, -0.1) is 0 Å². The van der Waals surface area contributed by atoms with E-state index >= 15 is 0 Å². The topological polar surface area (TPSA) is 0 Å². The van der Waals surface area contributed by atoms with Gasteiger partial charge in [0, 0.05) is 0 Å². The van der Waals surface area contributed by atoms with E-state index < -0.39 is 31.3 Å². The van der Waals surface area contributed by atoms with Gasteiger partial charge in [0.15, 0.2) is 0 Å². The van der Waals surface area contributed by atoms with Crippen LogP contribution in [0.3, 0.4) is 0 Å². The number of hydrogen-bond donors (Lipinski definition) is 0. The second kappa shape index (κ2) is 10.5. The fraction of sp³-hybridized carbons (Fsp3) is 0.467. The number of unbranched alkanes of at least 4 members (excludes halogenated alkanes) is 1. The van der Waals surface area contributed by atoms with Crippen molar-refractivity contribution in [2.75, 3.05) is 0 Å². The second-order valence-corrected chi connectivity index (χ2v) is 19.1. The fourth-order valence-corrected chi connectivity index (χ4v) is 17.0. The molecule has 0 N–H and O–H groups in total. The summed E-state index contributed by atoms with van der Waals surface area (Å²) < 4.78 is 3.60. The maximum Gasteiger partial charge on any atom is -1.00 e. The molecule has 0 saturated carbocycles. The summed E-state index contributed by atoms with van der Waals surface area (Å²) >= 11 is -0.884. The van der Waals surface area contributed by atoms with Gasteiger partial charge in [-0.3, -0.25) is 0 Å². The summed E-state index contributed by atoms with van der Waals surface area (Å²) in [6.07, 6.45) is 4.26. The quantitative estimate of drug-likeness (QED) is 0.455. The molecule has 0 spiro atoms. The Kier molecular flexibility index (Phi) is 8.73. The van der Waals surface area contributed by atoms with Gasteiger partial charge in [-0.25, -0.2) is 0 Å². The molecule has 1 aliphatic heterocycles. The van der Waals surface area contributed by atoms with Gasteiger partial charge in [0.1, 0.15) is 0 Å². The minimum Gasteiger partial charge on any atom is -1.00 e. The summed E-state index contributed by atoms with van der Waals surface area (Å²) in [6, 6.07) is 21.5. The van der Waals surface area contributed by atoms with Crippen LogP contribution >= 0.6 is 0 Å². The summed E-state index contributed by atoms with van der Waals surface area (Å²) in [7, 11) is -1.30. The van der Waals surface area contributed by atoms with Crippen LogP contribution in [-0.2, 0) is 23.2 Å². The molecule has 180 valence electrons. The van der Waals surface area contributed by atoms with Crippen LogP contribution in [0.1, 0.15) is 77.5 Å². The van der Waals surface area contributed by atoms with Gasteiger partial charge in [-0.05, 0) is 0 Å². The first kappa shape index (κ1) is 28.2. The third-order valence-electron chi connectivity index (χ3n) is 9.27. The monoisotopic (exact) mass is 586 g/mol. The van der Waals surface area contributed by atoms with E-state index in [4.69, 9.17) is 0 Å². The largest absolute Gasteiger partial charge is 1.00 e. The normalized spacial score (nSPS) is 21.2. The van der Waals surface area contributed by atoms with Crippen LogP contribution in [0.2, 0.25) is 18.1 Å². The van der Waals surface area contributed by atoms with Crippen molar-refractivity contribution in [1.29, 1.82) is 0 Å².